The van der Waals surface area contributed by atoms with Crippen LogP contribution in [0.25, 0.3) is 6.08 Å². The van der Waals surface area contributed by atoms with Gasteiger partial charge in [-0.25, -0.2) is 4.39 Å². The van der Waals surface area contributed by atoms with Gasteiger partial charge in [0, 0.05) is 0 Å². The van der Waals surface area contributed by atoms with Crippen LogP contribution in [0, 0.1) is 5.82 Å². The predicted molar refractivity (Wildman–Crippen MR) is 85.8 cm³/mol. The first-order valence-corrected chi connectivity index (χ1v) is 7.21. The molecule has 0 bridgehead atoms. The van der Waals surface area contributed by atoms with Crippen LogP contribution in [0.15, 0.2) is 54.3 Å². The number of carbonyl (C=O) groups excluding carboxylic acids is 2. The average molecular weight is 327 g/mol. The minimum Gasteiger partial charge on any atom is -0.468 e. The highest BCUT2D eigenvalue weighted by Crippen LogP contribution is 2.35. The third-order valence-corrected chi connectivity index (χ3v) is 3.51. The van der Waals surface area contributed by atoms with E-state index in [4.69, 9.17) is 4.74 Å². The summed E-state index contributed by atoms with van der Waals surface area (Å²) in [7, 11) is 1.26. The molecule has 1 heterocycles. The number of ether oxygens (including phenoxy) is 2. The fourth-order valence-corrected chi connectivity index (χ4v) is 2.32. The Hall–Kier alpha value is -3.15. The van der Waals surface area contributed by atoms with E-state index in [0.717, 1.165) is 0 Å². The van der Waals surface area contributed by atoms with Crippen molar-refractivity contribution in [2.24, 2.45) is 0 Å². The van der Waals surface area contributed by atoms with Crippen molar-refractivity contribution in [3.05, 3.63) is 65.7 Å². The largest absolute Gasteiger partial charge is 0.468 e. The summed E-state index contributed by atoms with van der Waals surface area (Å²) < 4.78 is 23.3. The van der Waals surface area contributed by atoms with Crippen LogP contribution in [0.1, 0.15) is 5.56 Å². The fraction of sp³-hybridized carbons (Fsp3) is 0.111. The average Bonchev–Trinajstić information content (AvgIpc) is 2.60. The van der Waals surface area contributed by atoms with Gasteiger partial charge >= 0.3 is 5.97 Å². The summed E-state index contributed by atoms with van der Waals surface area (Å²) in [5.41, 5.74) is 1.10. The van der Waals surface area contributed by atoms with Crippen molar-refractivity contribution in [1.29, 1.82) is 0 Å². The minimum atomic E-state index is -0.541. The molecular weight excluding hydrogens is 313 g/mol. The van der Waals surface area contributed by atoms with Gasteiger partial charge in [-0.2, -0.15) is 0 Å². The van der Waals surface area contributed by atoms with Crippen LogP contribution >= 0.6 is 0 Å². The number of hydrogen-bond donors (Lipinski definition) is 0. The van der Waals surface area contributed by atoms with E-state index >= 15 is 0 Å². The van der Waals surface area contributed by atoms with E-state index in [1.165, 1.54) is 42.4 Å². The predicted octanol–water partition coefficient (Wildman–Crippen LogP) is 2.77. The molecule has 0 saturated heterocycles. The lowest BCUT2D eigenvalue weighted by molar-refractivity contribution is -0.140. The Morgan fingerprint density at radius 2 is 1.92 bits per heavy atom. The number of halogens is 1. The van der Waals surface area contributed by atoms with E-state index in [2.05, 4.69) is 4.74 Å². The summed E-state index contributed by atoms with van der Waals surface area (Å²) in [6.07, 6.45) is 1.50. The molecule has 0 unspecified atom stereocenters. The molecule has 0 aromatic heterocycles. The molecule has 0 N–H and O–H groups in total. The first-order valence-electron chi connectivity index (χ1n) is 7.21. The van der Waals surface area contributed by atoms with Gasteiger partial charge in [-0.05, 0) is 35.9 Å². The Bertz CT molecular complexity index is 814. The first-order chi connectivity index (χ1) is 11.6. The number of anilines is 1. The van der Waals surface area contributed by atoms with Crippen molar-refractivity contribution in [1.82, 2.24) is 0 Å². The second-order valence-electron chi connectivity index (χ2n) is 5.10. The Balaban J connectivity index is 1.99. The van der Waals surface area contributed by atoms with Crippen LogP contribution in [0.3, 0.4) is 0 Å². The molecular formula is C18H14FNO4. The molecule has 122 valence electrons. The van der Waals surface area contributed by atoms with Gasteiger partial charge < -0.3 is 9.47 Å². The highest BCUT2D eigenvalue weighted by molar-refractivity contribution is 6.11. The maximum Gasteiger partial charge on any atom is 0.325 e. The van der Waals surface area contributed by atoms with Crippen molar-refractivity contribution in [3.63, 3.8) is 0 Å². The topological polar surface area (TPSA) is 55.8 Å². The number of fused-ring (bicyclic) bond motifs is 1. The normalized spacial score (nSPS) is 15.0. The van der Waals surface area contributed by atoms with Gasteiger partial charge in [-0.1, -0.05) is 24.3 Å². The molecule has 1 amide bonds. The number of amides is 1. The van der Waals surface area contributed by atoms with E-state index in [1.54, 1.807) is 24.3 Å². The molecule has 2 aromatic rings. The summed E-state index contributed by atoms with van der Waals surface area (Å²) >= 11 is 0. The van der Waals surface area contributed by atoms with E-state index in [9.17, 15) is 14.0 Å². The zero-order chi connectivity index (χ0) is 17.1. The molecule has 0 aliphatic carbocycles. The van der Waals surface area contributed by atoms with Crippen molar-refractivity contribution < 1.29 is 23.5 Å². The summed E-state index contributed by atoms with van der Waals surface area (Å²) in [6, 6.07) is 12.5. The first kappa shape index (κ1) is 15.7. The van der Waals surface area contributed by atoms with Crippen LogP contribution in [-0.4, -0.2) is 25.5 Å². The van der Waals surface area contributed by atoms with E-state index < -0.39 is 11.9 Å². The Morgan fingerprint density at radius 1 is 1.21 bits per heavy atom. The van der Waals surface area contributed by atoms with E-state index in [-0.39, 0.29) is 18.1 Å². The smallest absolute Gasteiger partial charge is 0.325 e. The summed E-state index contributed by atoms with van der Waals surface area (Å²) in [6.45, 7) is -0.226. The van der Waals surface area contributed by atoms with Gasteiger partial charge in [0.25, 0.3) is 5.91 Å². The van der Waals surface area contributed by atoms with E-state index in [0.29, 0.717) is 17.0 Å². The molecule has 0 saturated carbocycles. The second-order valence-corrected chi connectivity index (χ2v) is 5.10. The number of para-hydroxylation sites is 2. The number of rotatable bonds is 3. The third-order valence-electron chi connectivity index (χ3n) is 3.51. The Morgan fingerprint density at radius 3 is 2.62 bits per heavy atom. The maximum atomic E-state index is 13.0. The quantitative estimate of drug-likeness (QED) is 0.642. The van der Waals surface area contributed by atoms with Gasteiger partial charge in [-0.3, -0.25) is 14.5 Å². The van der Waals surface area contributed by atoms with Crippen molar-refractivity contribution in [2.75, 3.05) is 18.6 Å². The van der Waals surface area contributed by atoms with Crippen molar-refractivity contribution in [3.8, 4) is 5.75 Å². The second kappa shape index (κ2) is 6.54. The standard InChI is InChI=1S/C18H14FNO4/c1-23-17(21)11-20-14-4-2-3-5-15(14)24-16(18(20)22)10-12-6-8-13(19)9-7-12/h2-10H,11H2,1H3/b16-10+. The molecule has 3 rings (SSSR count). The molecule has 24 heavy (non-hydrogen) atoms. The number of esters is 1. The molecule has 0 atom stereocenters. The third kappa shape index (κ3) is 3.12. The number of nitrogens with zero attached hydrogens (tertiary/aromatic N) is 1. The van der Waals surface area contributed by atoms with Crippen molar-refractivity contribution in [2.45, 2.75) is 0 Å². The van der Waals surface area contributed by atoms with Crippen LogP contribution in [-0.2, 0) is 14.3 Å². The number of benzene rings is 2. The number of methoxy groups -OCH3 is 1. The SMILES string of the molecule is COC(=O)CN1C(=O)/C(=C\c2ccc(F)cc2)Oc2ccccc21. The maximum absolute atomic E-state index is 13.0. The van der Waals surface area contributed by atoms with Gasteiger partial charge in [0.05, 0.1) is 12.8 Å². The van der Waals surface area contributed by atoms with Gasteiger partial charge in [0.1, 0.15) is 12.4 Å². The lowest BCUT2D eigenvalue weighted by Crippen LogP contribution is -2.41. The summed E-state index contributed by atoms with van der Waals surface area (Å²) in [5, 5.41) is 0. The lowest BCUT2D eigenvalue weighted by Gasteiger charge is -2.29. The molecule has 1 aliphatic rings. The molecule has 0 spiro atoms. The number of hydrogen-bond acceptors (Lipinski definition) is 4. The highest BCUT2D eigenvalue weighted by atomic mass is 19.1. The van der Waals surface area contributed by atoms with Crippen LogP contribution < -0.4 is 9.64 Å². The zero-order valence-electron chi connectivity index (χ0n) is 12.9. The highest BCUT2D eigenvalue weighted by Gasteiger charge is 2.31. The van der Waals surface area contributed by atoms with Crippen molar-refractivity contribution >= 4 is 23.6 Å². The molecule has 1 aliphatic heterocycles. The van der Waals surface area contributed by atoms with Crippen LogP contribution in [0.2, 0.25) is 0 Å². The Labute approximate surface area is 137 Å². The molecule has 5 nitrogen and oxygen atoms in total. The van der Waals surface area contributed by atoms with Gasteiger partial charge in [-0.15, -0.1) is 0 Å². The number of carbonyl (C=O) groups is 2. The molecule has 2 aromatic carbocycles. The van der Waals surface area contributed by atoms with Gasteiger partial charge in [0.2, 0.25) is 0 Å². The zero-order valence-corrected chi connectivity index (χ0v) is 12.9. The van der Waals surface area contributed by atoms with Crippen LogP contribution in [0.5, 0.6) is 5.75 Å². The summed E-state index contributed by atoms with van der Waals surface area (Å²) in [4.78, 5) is 25.6. The molecule has 0 fully saturated rings. The van der Waals surface area contributed by atoms with Crippen LogP contribution in [0.4, 0.5) is 10.1 Å². The minimum absolute atomic E-state index is 0.0456. The van der Waals surface area contributed by atoms with E-state index in [1.807, 2.05) is 0 Å². The Kier molecular flexibility index (Phi) is 4.29. The molecule has 6 heteroatoms. The summed E-state index contributed by atoms with van der Waals surface area (Å²) in [5.74, 6) is -0.881. The lowest BCUT2D eigenvalue weighted by atomic mass is 10.1. The molecule has 0 radical (unpaired) electrons. The van der Waals surface area contributed by atoms with Gasteiger partial charge in [0.15, 0.2) is 11.5 Å². The monoisotopic (exact) mass is 327 g/mol. The fourth-order valence-electron chi connectivity index (χ4n) is 2.32.